The zero-order chi connectivity index (χ0) is 43.5. The molecule has 13 heteroatoms. The number of fused-ring (bicyclic) bond motifs is 1. The molecule has 0 saturated carbocycles. The highest BCUT2D eigenvalue weighted by Gasteiger charge is 2.57. The average Bonchev–Trinajstić information content (AvgIpc) is 3.57. The molecule has 2 N–H and O–H groups in total. The summed E-state index contributed by atoms with van der Waals surface area (Å²) in [6, 6.07) is 44.1. The van der Waals surface area contributed by atoms with Crippen LogP contribution in [0.2, 0.25) is 0 Å². The van der Waals surface area contributed by atoms with Crippen LogP contribution >= 0.6 is 11.8 Å². The summed E-state index contributed by atoms with van der Waals surface area (Å²) in [7, 11) is 0. The Hall–Kier alpha value is -4.77. The van der Waals surface area contributed by atoms with Crippen molar-refractivity contribution in [3.63, 3.8) is 0 Å². The van der Waals surface area contributed by atoms with Crippen LogP contribution in [0, 0.1) is 0 Å². The maximum Gasteiger partial charge on any atom is 0.262 e. The van der Waals surface area contributed by atoms with Gasteiger partial charge in [0.05, 0.1) is 50.8 Å². The standard InChI is InChI=1S/C50H53NO11S/c1-2-63-50-41(51-47(54)37-25-15-16-26-38(37)48(51)55)45(58-29-35-21-11-5-12-22-35)44(40(61-50)32-57-28-34-19-9-4-10-20-34)62-49-46(59-30-36-23-13-6-14-24-36)43(53)42(52)39(60-49)31-56-27-33-17-7-3-8-18-33/h3-26,39-46,49-50,52-53H,2,27-32H2,1H3/t39?,40?,41?,42-,43-,44+,45+,46?,49-,50-/m0/s1. The molecule has 63 heavy (non-hydrogen) atoms. The van der Waals surface area contributed by atoms with Gasteiger partial charge in [0.15, 0.2) is 6.29 Å². The van der Waals surface area contributed by atoms with E-state index in [1.54, 1.807) is 24.3 Å². The number of hydrogen-bond acceptors (Lipinski definition) is 12. The van der Waals surface area contributed by atoms with Crippen molar-refractivity contribution in [3.8, 4) is 0 Å². The second kappa shape index (κ2) is 21.7. The van der Waals surface area contributed by atoms with Gasteiger partial charge in [-0.25, -0.2) is 0 Å². The number of nitrogens with zero attached hydrogens (tertiary/aromatic N) is 1. The topological polar surface area (TPSA) is 142 Å². The predicted octanol–water partition coefficient (Wildman–Crippen LogP) is 6.57. The largest absolute Gasteiger partial charge is 0.387 e. The number of benzene rings is 5. The first-order valence-electron chi connectivity index (χ1n) is 21.3. The van der Waals surface area contributed by atoms with Crippen molar-refractivity contribution in [2.24, 2.45) is 0 Å². The number of imide groups is 1. The number of carbonyl (C=O) groups excluding carboxylic acids is 2. The van der Waals surface area contributed by atoms with Gasteiger partial charge in [0.2, 0.25) is 0 Å². The van der Waals surface area contributed by atoms with E-state index in [9.17, 15) is 19.8 Å². The molecule has 0 radical (unpaired) electrons. The van der Waals surface area contributed by atoms with E-state index in [4.69, 9.17) is 33.2 Å². The number of thioether (sulfide) groups is 1. The molecular weight excluding hydrogens is 823 g/mol. The molecule has 3 aliphatic heterocycles. The molecular formula is C50H53NO11S. The van der Waals surface area contributed by atoms with Crippen LogP contribution in [0.1, 0.15) is 49.9 Å². The van der Waals surface area contributed by atoms with Crippen LogP contribution in [-0.2, 0) is 59.6 Å². The Bertz CT molecular complexity index is 2170. The van der Waals surface area contributed by atoms with Gasteiger partial charge in [0, 0.05) is 0 Å². The molecule has 5 aromatic carbocycles. The van der Waals surface area contributed by atoms with Crippen LogP contribution in [0.5, 0.6) is 0 Å². The lowest BCUT2D eigenvalue weighted by molar-refractivity contribution is -0.346. The minimum absolute atomic E-state index is 0.0252. The van der Waals surface area contributed by atoms with Crippen molar-refractivity contribution >= 4 is 23.6 Å². The summed E-state index contributed by atoms with van der Waals surface area (Å²) in [6.45, 7) is 2.61. The lowest BCUT2D eigenvalue weighted by Gasteiger charge is -2.50. The molecule has 10 atom stereocenters. The first kappa shape index (κ1) is 44.8. The second-order valence-corrected chi connectivity index (χ2v) is 17.0. The SMILES string of the molecule is CCS[C@@H]1OC(COCc2ccccc2)[C@@H](O[C@@H]2OC(COCc3ccccc3)[C@H](O)[C@H](O)C2OCc2ccccc2)[C@H](OCc2ccccc2)C1N1C(=O)c2ccccc2C1=O. The second-order valence-electron chi connectivity index (χ2n) is 15.7. The van der Waals surface area contributed by atoms with Crippen LogP contribution in [0.3, 0.4) is 0 Å². The number of rotatable bonds is 19. The van der Waals surface area contributed by atoms with Crippen LogP contribution in [0.25, 0.3) is 0 Å². The van der Waals surface area contributed by atoms with Crippen LogP contribution < -0.4 is 0 Å². The summed E-state index contributed by atoms with van der Waals surface area (Å²) in [5.74, 6) is -0.345. The van der Waals surface area contributed by atoms with Gasteiger partial charge in [0.25, 0.3) is 11.8 Å². The summed E-state index contributed by atoms with van der Waals surface area (Å²) in [5.41, 5.74) is 3.38. The van der Waals surface area contributed by atoms with Gasteiger partial charge in [-0.15, -0.1) is 11.8 Å². The first-order valence-corrected chi connectivity index (χ1v) is 22.4. The van der Waals surface area contributed by atoms with Crippen molar-refractivity contribution in [2.75, 3.05) is 19.0 Å². The van der Waals surface area contributed by atoms with E-state index in [0.29, 0.717) is 5.75 Å². The van der Waals surface area contributed by atoms with E-state index in [1.165, 1.54) is 16.7 Å². The minimum atomic E-state index is -1.48. The molecule has 8 rings (SSSR count). The highest BCUT2D eigenvalue weighted by Crippen LogP contribution is 2.40. The Labute approximate surface area is 372 Å². The number of aliphatic hydroxyl groups is 2. The van der Waals surface area contributed by atoms with Crippen molar-refractivity contribution in [1.29, 1.82) is 0 Å². The van der Waals surface area contributed by atoms with Crippen molar-refractivity contribution in [2.45, 2.75) is 93.8 Å². The fraction of sp³-hybridized carbons (Fsp3) is 0.360. The van der Waals surface area contributed by atoms with Gasteiger partial charge < -0.3 is 43.4 Å². The molecule has 0 aliphatic carbocycles. The van der Waals surface area contributed by atoms with Gasteiger partial charge in [-0.2, -0.15) is 0 Å². The van der Waals surface area contributed by atoms with Gasteiger partial charge in [-0.1, -0.05) is 140 Å². The number of carbonyl (C=O) groups is 2. The molecule has 12 nitrogen and oxygen atoms in total. The van der Waals surface area contributed by atoms with E-state index in [1.807, 2.05) is 128 Å². The molecule has 3 aliphatic rings. The van der Waals surface area contributed by atoms with Crippen LogP contribution in [-0.4, -0.2) is 106 Å². The van der Waals surface area contributed by atoms with Crippen LogP contribution in [0.4, 0.5) is 0 Å². The Morgan fingerprint density at radius 2 is 0.984 bits per heavy atom. The third kappa shape index (κ3) is 10.8. The summed E-state index contributed by atoms with van der Waals surface area (Å²) >= 11 is 1.45. The van der Waals surface area contributed by atoms with Crippen molar-refractivity contribution in [3.05, 3.63) is 179 Å². The predicted molar refractivity (Wildman–Crippen MR) is 235 cm³/mol. The Kier molecular flexibility index (Phi) is 15.5. The fourth-order valence-corrected chi connectivity index (χ4v) is 9.21. The maximum atomic E-state index is 14.4. The third-order valence-electron chi connectivity index (χ3n) is 11.4. The summed E-state index contributed by atoms with van der Waals surface area (Å²) in [6.07, 6.45) is -9.43. The summed E-state index contributed by atoms with van der Waals surface area (Å²) < 4.78 is 46.3. The highest BCUT2D eigenvalue weighted by molar-refractivity contribution is 7.99. The number of ether oxygens (including phenoxy) is 7. The summed E-state index contributed by atoms with van der Waals surface area (Å²) in [4.78, 5) is 30.0. The monoisotopic (exact) mass is 875 g/mol. The zero-order valence-electron chi connectivity index (χ0n) is 35.0. The number of amides is 2. The Morgan fingerprint density at radius 3 is 1.48 bits per heavy atom. The van der Waals surface area contributed by atoms with E-state index >= 15 is 0 Å². The normalized spacial score (nSPS) is 27.1. The minimum Gasteiger partial charge on any atom is -0.387 e. The molecule has 0 bridgehead atoms. The van der Waals surface area contributed by atoms with Gasteiger partial charge in [0.1, 0.15) is 54.2 Å². The Morgan fingerprint density at radius 1 is 0.540 bits per heavy atom. The van der Waals surface area contributed by atoms with Gasteiger partial charge in [-0.3, -0.25) is 14.5 Å². The lowest BCUT2D eigenvalue weighted by Crippen LogP contribution is -2.68. The fourth-order valence-electron chi connectivity index (χ4n) is 8.19. The van der Waals surface area contributed by atoms with Crippen molar-refractivity contribution in [1.82, 2.24) is 4.90 Å². The van der Waals surface area contributed by atoms with Gasteiger partial charge >= 0.3 is 0 Å². The molecule has 5 aromatic rings. The van der Waals surface area contributed by atoms with E-state index in [-0.39, 0.29) is 50.8 Å². The molecule has 2 fully saturated rings. The quantitative estimate of drug-likeness (QED) is 0.0868. The zero-order valence-corrected chi connectivity index (χ0v) is 35.8. The first-order chi connectivity index (χ1) is 30.9. The van der Waals surface area contributed by atoms with Gasteiger partial charge in [-0.05, 0) is 40.1 Å². The lowest BCUT2D eigenvalue weighted by atomic mass is 9.94. The highest BCUT2D eigenvalue weighted by atomic mass is 32.2. The van der Waals surface area contributed by atoms with E-state index in [0.717, 1.165) is 22.3 Å². The van der Waals surface area contributed by atoms with Crippen molar-refractivity contribution < 1.29 is 53.0 Å². The average molecular weight is 876 g/mol. The molecule has 0 aromatic heterocycles. The smallest absolute Gasteiger partial charge is 0.262 e. The maximum absolute atomic E-state index is 14.4. The number of aliphatic hydroxyl groups excluding tert-OH is 2. The Balaban J connectivity index is 1.16. The molecule has 330 valence electrons. The molecule has 2 saturated heterocycles. The molecule has 2 amide bonds. The molecule has 4 unspecified atom stereocenters. The van der Waals surface area contributed by atoms with Crippen LogP contribution in [0.15, 0.2) is 146 Å². The number of hydrogen-bond donors (Lipinski definition) is 2. The summed E-state index contributed by atoms with van der Waals surface area (Å²) in [5, 5.41) is 23.4. The van der Waals surface area contributed by atoms with E-state index in [2.05, 4.69) is 0 Å². The molecule has 0 spiro atoms. The third-order valence-corrected chi connectivity index (χ3v) is 12.4. The van der Waals surface area contributed by atoms with E-state index < -0.39 is 72.3 Å². The molecule has 3 heterocycles.